The molecule has 0 fully saturated rings. The van der Waals surface area contributed by atoms with Gasteiger partial charge in [0.15, 0.2) is 0 Å². The number of nitrogens with one attached hydrogen (secondary N) is 1. The Balaban J connectivity index is 1.63. The molecular formula is C27H32N2O4S. The van der Waals surface area contributed by atoms with Crippen LogP contribution in [-0.4, -0.2) is 33.7 Å². The number of ether oxygens (including phenoxy) is 1. The highest BCUT2D eigenvalue weighted by molar-refractivity contribution is 7.92. The molecule has 0 bridgehead atoms. The maximum atomic E-state index is 12.6. The smallest absolute Gasteiger partial charge is 0.251 e. The van der Waals surface area contributed by atoms with E-state index in [1.54, 1.807) is 24.3 Å². The topological polar surface area (TPSA) is 75.7 Å². The number of rotatable bonds is 10. The molecule has 0 unspecified atom stereocenters. The summed E-state index contributed by atoms with van der Waals surface area (Å²) in [7, 11) is -3.50. The van der Waals surface area contributed by atoms with Crippen molar-refractivity contribution in [1.29, 1.82) is 0 Å². The van der Waals surface area contributed by atoms with Gasteiger partial charge in [-0.2, -0.15) is 0 Å². The van der Waals surface area contributed by atoms with Crippen molar-refractivity contribution in [3.63, 3.8) is 0 Å². The normalized spacial score (nSPS) is 11.3. The first-order valence-corrected chi connectivity index (χ1v) is 13.1. The zero-order valence-electron chi connectivity index (χ0n) is 20.1. The van der Waals surface area contributed by atoms with Gasteiger partial charge in [0.05, 0.1) is 25.0 Å². The van der Waals surface area contributed by atoms with Gasteiger partial charge in [-0.1, -0.05) is 56.3 Å². The van der Waals surface area contributed by atoms with Crippen LogP contribution in [0.3, 0.4) is 0 Å². The largest absolute Gasteiger partial charge is 0.492 e. The van der Waals surface area contributed by atoms with Crippen LogP contribution in [0.4, 0.5) is 5.69 Å². The number of carbonyl (C=O) groups is 1. The maximum Gasteiger partial charge on any atom is 0.251 e. The van der Waals surface area contributed by atoms with Gasteiger partial charge in [0.25, 0.3) is 5.91 Å². The molecule has 0 atom stereocenters. The van der Waals surface area contributed by atoms with E-state index >= 15 is 0 Å². The quantitative estimate of drug-likeness (QED) is 0.419. The van der Waals surface area contributed by atoms with Gasteiger partial charge in [0.2, 0.25) is 10.0 Å². The first kappa shape index (κ1) is 25.3. The summed E-state index contributed by atoms with van der Waals surface area (Å²) in [5.74, 6) is 0.749. The molecule has 0 saturated carbocycles. The van der Waals surface area contributed by atoms with Crippen molar-refractivity contribution in [1.82, 2.24) is 5.32 Å². The van der Waals surface area contributed by atoms with Crippen LogP contribution in [0.2, 0.25) is 0 Å². The monoisotopic (exact) mass is 480 g/mol. The fraction of sp³-hybridized carbons (Fsp3) is 0.296. The number of amides is 1. The molecule has 7 heteroatoms. The number of para-hydroxylation sites is 1. The van der Waals surface area contributed by atoms with Gasteiger partial charge in [-0.05, 0) is 59.9 Å². The van der Waals surface area contributed by atoms with Crippen molar-refractivity contribution in [2.75, 3.05) is 23.7 Å². The Bertz CT molecular complexity index is 1220. The van der Waals surface area contributed by atoms with Crippen molar-refractivity contribution < 1.29 is 17.9 Å². The van der Waals surface area contributed by atoms with Gasteiger partial charge in [-0.15, -0.1) is 0 Å². The Kier molecular flexibility index (Phi) is 8.34. The molecule has 1 N–H and O–H groups in total. The number of anilines is 1. The summed E-state index contributed by atoms with van der Waals surface area (Å²) < 4.78 is 32.3. The molecule has 0 aliphatic carbocycles. The van der Waals surface area contributed by atoms with E-state index in [0.717, 1.165) is 22.4 Å². The number of aryl methyl sites for hydroxylation is 1. The summed E-state index contributed by atoms with van der Waals surface area (Å²) in [6.45, 7) is 7.01. The lowest BCUT2D eigenvalue weighted by atomic mass is 10.0. The molecule has 3 aromatic rings. The SMILES string of the molecule is Cc1cccc(OCCNC(=O)c2ccc(CN(c3ccccc3C(C)C)S(C)(=O)=O)cc2)c1. The third kappa shape index (κ3) is 6.84. The lowest BCUT2D eigenvalue weighted by Gasteiger charge is -2.26. The van der Waals surface area contributed by atoms with Crippen molar-refractivity contribution in [3.05, 3.63) is 95.1 Å². The third-order valence-corrected chi connectivity index (χ3v) is 6.54. The zero-order valence-corrected chi connectivity index (χ0v) is 20.9. The molecule has 0 radical (unpaired) electrons. The summed E-state index contributed by atoms with van der Waals surface area (Å²) in [5, 5.41) is 2.84. The van der Waals surface area contributed by atoms with Crippen molar-refractivity contribution >= 4 is 21.6 Å². The lowest BCUT2D eigenvalue weighted by Crippen LogP contribution is -2.30. The average Bonchev–Trinajstić information content (AvgIpc) is 2.80. The van der Waals surface area contributed by atoms with Crippen molar-refractivity contribution in [2.24, 2.45) is 0 Å². The van der Waals surface area contributed by atoms with Crippen LogP contribution in [0, 0.1) is 6.92 Å². The summed E-state index contributed by atoms with van der Waals surface area (Å²) in [5.41, 5.74) is 4.06. The van der Waals surface area contributed by atoms with Crippen molar-refractivity contribution in [2.45, 2.75) is 33.2 Å². The minimum atomic E-state index is -3.50. The Morgan fingerprint density at radius 2 is 1.71 bits per heavy atom. The predicted octanol–water partition coefficient (Wildman–Crippen LogP) is 4.89. The second-order valence-corrected chi connectivity index (χ2v) is 10.5. The number of hydrogen-bond acceptors (Lipinski definition) is 4. The van der Waals surface area contributed by atoms with E-state index < -0.39 is 10.0 Å². The molecule has 0 spiro atoms. The van der Waals surface area contributed by atoms with Crippen molar-refractivity contribution in [3.8, 4) is 5.75 Å². The lowest BCUT2D eigenvalue weighted by molar-refractivity contribution is 0.0947. The number of benzene rings is 3. The first-order chi connectivity index (χ1) is 16.1. The summed E-state index contributed by atoms with van der Waals surface area (Å²) in [6.07, 6.45) is 1.21. The van der Waals surface area contributed by atoms with Crippen LogP contribution in [0.15, 0.2) is 72.8 Å². The summed E-state index contributed by atoms with van der Waals surface area (Å²) in [6, 6.07) is 22.3. The predicted molar refractivity (Wildman–Crippen MR) is 137 cm³/mol. The van der Waals surface area contributed by atoms with E-state index in [2.05, 4.69) is 5.32 Å². The van der Waals surface area contributed by atoms with Gasteiger partial charge >= 0.3 is 0 Å². The molecule has 0 aromatic heterocycles. The molecule has 0 aliphatic heterocycles. The van der Waals surface area contributed by atoms with E-state index in [4.69, 9.17) is 4.74 Å². The summed E-state index contributed by atoms with van der Waals surface area (Å²) in [4.78, 5) is 12.5. The van der Waals surface area contributed by atoms with Gasteiger partial charge in [-0.3, -0.25) is 9.10 Å². The second kappa shape index (κ2) is 11.2. The minimum absolute atomic E-state index is 0.182. The minimum Gasteiger partial charge on any atom is -0.492 e. The van der Waals surface area contributed by atoms with Gasteiger partial charge in [0.1, 0.15) is 12.4 Å². The molecule has 6 nitrogen and oxygen atoms in total. The Hall–Kier alpha value is -3.32. The van der Waals surface area contributed by atoms with Crippen LogP contribution in [0.5, 0.6) is 5.75 Å². The first-order valence-electron chi connectivity index (χ1n) is 11.3. The van der Waals surface area contributed by atoms with Crippen LogP contribution >= 0.6 is 0 Å². The second-order valence-electron chi connectivity index (χ2n) is 8.60. The maximum absolute atomic E-state index is 12.6. The number of nitrogens with zero attached hydrogens (tertiary/aromatic N) is 1. The van der Waals surface area contributed by atoms with Gasteiger partial charge < -0.3 is 10.1 Å². The number of hydrogen-bond donors (Lipinski definition) is 1. The average molecular weight is 481 g/mol. The molecule has 3 rings (SSSR count). The van der Waals surface area contributed by atoms with Crippen LogP contribution in [0.25, 0.3) is 0 Å². The van der Waals surface area contributed by atoms with E-state index in [0.29, 0.717) is 24.4 Å². The molecule has 0 saturated heterocycles. The van der Waals surface area contributed by atoms with Crippen LogP contribution < -0.4 is 14.4 Å². The molecule has 34 heavy (non-hydrogen) atoms. The Morgan fingerprint density at radius 1 is 1.00 bits per heavy atom. The molecule has 0 aliphatic rings. The van der Waals surface area contributed by atoms with E-state index in [1.165, 1.54) is 10.6 Å². The fourth-order valence-electron chi connectivity index (χ4n) is 3.65. The highest BCUT2D eigenvalue weighted by atomic mass is 32.2. The molecule has 0 heterocycles. The molecule has 1 amide bonds. The Labute approximate surface area is 202 Å². The number of sulfonamides is 1. The van der Waals surface area contributed by atoms with Gasteiger partial charge in [0, 0.05) is 5.56 Å². The third-order valence-electron chi connectivity index (χ3n) is 5.42. The summed E-state index contributed by atoms with van der Waals surface area (Å²) >= 11 is 0. The molecular weight excluding hydrogens is 448 g/mol. The molecule has 3 aromatic carbocycles. The van der Waals surface area contributed by atoms with Crippen LogP contribution in [-0.2, 0) is 16.6 Å². The van der Waals surface area contributed by atoms with Gasteiger partial charge in [-0.25, -0.2) is 8.42 Å². The highest BCUT2D eigenvalue weighted by Crippen LogP contribution is 2.30. The fourth-order valence-corrected chi connectivity index (χ4v) is 4.56. The van der Waals surface area contributed by atoms with E-state index in [-0.39, 0.29) is 18.4 Å². The van der Waals surface area contributed by atoms with Crippen LogP contribution in [0.1, 0.15) is 46.8 Å². The van der Waals surface area contributed by atoms with E-state index in [9.17, 15) is 13.2 Å². The Morgan fingerprint density at radius 3 is 2.35 bits per heavy atom. The number of carbonyl (C=O) groups excluding carboxylic acids is 1. The molecule has 180 valence electrons. The zero-order chi connectivity index (χ0) is 24.7. The standard InChI is InChI=1S/C27H32N2O4S/c1-20(2)25-10-5-6-11-26(25)29(34(4,31)32)19-22-12-14-23(15-13-22)27(30)28-16-17-33-24-9-7-8-21(3)18-24/h5-15,18,20H,16-17,19H2,1-4H3,(H,28,30). The highest BCUT2D eigenvalue weighted by Gasteiger charge is 2.21. The van der Waals surface area contributed by atoms with E-state index in [1.807, 2.05) is 69.3 Å².